The zero-order chi connectivity index (χ0) is 17.8. The highest BCUT2D eigenvalue weighted by Gasteiger charge is 2.29. The Kier molecular flexibility index (Phi) is 4.88. The summed E-state index contributed by atoms with van der Waals surface area (Å²) < 4.78 is 0. The van der Waals surface area contributed by atoms with E-state index in [0.29, 0.717) is 30.9 Å². The summed E-state index contributed by atoms with van der Waals surface area (Å²) in [7, 11) is 0. The fourth-order valence-electron chi connectivity index (χ4n) is 3.02. The lowest BCUT2D eigenvalue weighted by atomic mass is 10.1. The van der Waals surface area contributed by atoms with Crippen LogP contribution in [-0.4, -0.2) is 29.4 Å². The number of nitrogens with one attached hydrogen (secondary N) is 1. The molecule has 2 aromatic rings. The van der Waals surface area contributed by atoms with Crippen LogP contribution in [0.5, 0.6) is 0 Å². The molecule has 6 heteroatoms. The Hall–Kier alpha value is -3.02. The average molecular weight is 338 g/mol. The van der Waals surface area contributed by atoms with Crippen molar-refractivity contribution in [2.24, 2.45) is 0 Å². The number of nitrogens with two attached hydrogens (primary N) is 1. The van der Waals surface area contributed by atoms with Crippen molar-refractivity contribution in [3.05, 3.63) is 59.7 Å². The van der Waals surface area contributed by atoms with Crippen molar-refractivity contribution in [2.45, 2.75) is 25.4 Å². The van der Waals surface area contributed by atoms with Crippen LogP contribution in [0.2, 0.25) is 0 Å². The molecule has 0 saturated carbocycles. The summed E-state index contributed by atoms with van der Waals surface area (Å²) >= 11 is 0. The molecule has 1 atom stereocenters. The van der Waals surface area contributed by atoms with Gasteiger partial charge in [-0.05, 0) is 29.7 Å². The smallest absolute Gasteiger partial charge is 0.245 e. The van der Waals surface area contributed by atoms with E-state index in [1.807, 2.05) is 36.4 Å². The van der Waals surface area contributed by atoms with Gasteiger partial charge in [-0.25, -0.2) is 0 Å². The van der Waals surface area contributed by atoms with E-state index in [-0.39, 0.29) is 12.3 Å². The van der Waals surface area contributed by atoms with Gasteiger partial charge in [0.05, 0.1) is 0 Å². The minimum Gasteiger partial charge on any atom is -0.550 e. The first kappa shape index (κ1) is 16.8. The van der Waals surface area contributed by atoms with Gasteiger partial charge in [0.2, 0.25) is 5.91 Å². The van der Waals surface area contributed by atoms with Crippen LogP contribution in [0.3, 0.4) is 0 Å². The number of aliphatic carboxylic acids is 1. The average Bonchev–Trinajstić information content (AvgIpc) is 2.71. The van der Waals surface area contributed by atoms with Crippen LogP contribution >= 0.6 is 0 Å². The molecule has 1 heterocycles. The molecule has 1 aliphatic heterocycles. The van der Waals surface area contributed by atoms with Crippen molar-refractivity contribution < 1.29 is 14.7 Å². The minimum absolute atomic E-state index is 0.241. The summed E-state index contributed by atoms with van der Waals surface area (Å²) in [4.78, 5) is 25.5. The Morgan fingerprint density at radius 1 is 1.24 bits per heavy atom. The molecule has 0 radical (unpaired) electrons. The molecule has 0 fully saturated rings. The Labute approximate surface area is 146 Å². The first-order valence-electron chi connectivity index (χ1n) is 8.20. The van der Waals surface area contributed by atoms with E-state index in [2.05, 4.69) is 5.32 Å². The summed E-state index contributed by atoms with van der Waals surface area (Å²) in [5.41, 5.74) is 9.11. The molecule has 0 aliphatic carbocycles. The quantitative estimate of drug-likeness (QED) is 0.785. The van der Waals surface area contributed by atoms with Gasteiger partial charge in [-0.2, -0.15) is 0 Å². The highest BCUT2D eigenvalue weighted by Crippen LogP contribution is 2.26. The molecule has 130 valence electrons. The number of carboxylic acid groups (broad SMARTS) is 1. The largest absolute Gasteiger partial charge is 0.550 e. The second-order valence-electron chi connectivity index (χ2n) is 6.19. The normalized spacial score (nSPS) is 16.7. The molecule has 1 aliphatic rings. The van der Waals surface area contributed by atoms with Crippen LogP contribution in [0, 0.1) is 0 Å². The van der Waals surface area contributed by atoms with E-state index in [0.717, 1.165) is 11.1 Å². The summed E-state index contributed by atoms with van der Waals surface area (Å²) in [6.07, 6.45) is 0.323. The van der Waals surface area contributed by atoms with Gasteiger partial charge in [0.15, 0.2) is 0 Å². The molecule has 0 spiro atoms. The number of nitrogen functional groups attached to an aromatic ring is 1. The number of amides is 1. The van der Waals surface area contributed by atoms with Crippen molar-refractivity contribution in [1.82, 2.24) is 4.90 Å². The van der Waals surface area contributed by atoms with Crippen LogP contribution in [0.4, 0.5) is 11.4 Å². The zero-order valence-corrected chi connectivity index (χ0v) is 13.8. The fraction of sp³-hybridized carbons (Fsp3) is 0.263. The van der Waals surface area contributed by atoms with Crippen LogP contribution in [0.1, 0.15) is 17.5 Å². The summed E-state index contributed by atoms with van der Waals surface area (Å²) in [5, 5.41) is 14.1. The van der Waals surface area contributed by atoms with E-state index < -0.39 is 12.0 Å². The molecule has 1 unspecified atom stereocenters. The van der Waals surface area contributed by atoms with Crippen LogP contribution < -0.4 is 16.2 Å². The predicted octanol–water partition coefficient (Wildman–Crippen LogP) is 0.774. The number of anilines is 2. The Balaban J connectivity index is 1.84. The molecule has 25 heavy (non-hydrogen) atoms. The van der Waals surface area contributed by atoms with Gasteiger partial charge in [-0.3, -0.25) is 4.79 Å². The number of carboxylic acids is 1. The van der Waals surface area contributed by atoms with E-state index in [4.69, 9.17) is 5.73 Å². The second-order valence-corrected chi connectivity index (χ2v) is 6.19. The molecule has 2 aromatic carbocycles. The number of benzene rings is 2. The molecular weight excluding hydrogens is 318 g/mol. The third-order valence-electron chi connectivity index (χ3n) is 4.32. The number of hydrogen-bond acceptors (Lipinski definition) is 5. The molecule has 6 nitrogen and oxygen atoms in total. The van der Waals surface area contributed by atoms with E-state index >= 15 is 0 Å². The first-order chi connectivity index (χ1) is 12.0. The zero-order valence-electron chi connectivity index (χ0n) is 13.8. The van der Waals surface area contributed by atoms with E-state index in [9.17, 15) is 14.7 Å². The topological polar surface area (TPSA) is 98.5 Å². The van der Waals surface area contributed by atoms with Crippen LogP contribution in [0.25, 0.3) is 0 Å². The lowest BCUT2D eigenvalue weighted by Crippen LogP contribution is -2.44. The van der Waals surface area contributed by atoms with Crippen molar-refractivity contribution in [3.8, 4) is 0 Å². The lowest BCUT2D eigenvalue weighted by molar-refractivity contribution is -0.305. The van der Waals surface area contributed by atoms with E-state index in [1.165, 1.54) is 0 Å². The SMILES string of the molecule is Nc1ccc2c(c1)NC(CC(=O)[O-])C(=O)N(CCc1ccccc1)C2. The third kappa shape index (κ3) is 4.09. The van der Waals surface area contributed by atoms with Gasteiger partial charge in [0.25, 0.3) is 0 Å². The highest BCUT2D eigenvalue weighted by atomic mass is 16.4. The van der Waals surface area contributed by atoms with Gasteiger partial charge < -0.3 is 25.9 Å². The highest BCUT2D eigenvalue weighted by molar-refractivity contribution is 5.90. The Morgan fingerprint density at radius 3 is 2.72 bits per heavy atom. The van der Waals surface area contributed by atoms with Crippen LogP contribution in [-0.2, 0) is 22.6 Å². The Morgan fingerprint density at radius 2 is 2.00 bits per heavy atom. The summed E-state index contributed by atoms with van der Waals surface area (Å²) in [6, 6.07) is 14.4. The van der Waals surface area contributed by atoms with Gasteiger partial charge >= 0.3 is 0 Å². The maximum Gasteiger partial charge on any atom is 0.245 e. The van der Waals surface area contributed by atoms with Crippen molar-refractivity contribution in [1.29, 1.82) is 0 Å². The maximum atomic E-state index is 12.8. The van der Waals surface area contributed by atoms with Gasteiger partial charge in [0.1, 0.15) is 6.04 Å². The van der Waals surface area contributed by atoms with Gasteiger partial charge in [-0.15, -0.1) is 0 Å². The number of hydrogen-bond donors (Lipinski definition) is 2. The molecule has 3 rings (SSSR count). The number of carbonyl (C=O) groups is 2. The standard InChI is InChI=1S/C19H21N3O3/c20-15-7-6-14-12-22(9-8-13-4-2-1-3-5-13)19(25)17(11-18(23)24)21-16(14)10-15/h1-7,10,17,21H,8-9,11-12,20H2,(H,23,24)/p-1. The molecule has 0 bridgehead atoms. The van der Waals surface area contributed by atoms with E-state index in [1.54, 1.807) is 17.0 Å². The van der Waals surface area contributed by atoms with Crippen molar-refractivity contribution in [3.63, 3.8) is 0 Å². The minimum atomic E-state index is -1.26. The van der Waals surface area contributed by atoms with Gasteiger partial charge in [-0.1, -0.05) is 36.4 Å². The monoisotopic (exact) mass is 338 g/mol. The number of carbonyl (C=O) groups excluding carboxylic acids is 2. The third-order valence-corrected chi connectivity index (χ3v) is 4.32. The molecule has 1 amide bonds. The first-order valence-corrected chi connectivity index (χ1v) is 8.20. The lowest BCUT2D eigenvalue weighted by Gasteiger charge is -2.25. The van der Waals surface area contributed by atoms with Crippen molar-refractivity contribution >= 4 is 23.3 Å². The Bertz CT molecular complexity index is 777. The summed E-state index contributed by atoms with van der Waals surface area (Å²) in [6.45, 7) is 0.926. The maximum absolute atomic E-state index is 12.8. The molecule has 3 N–H and O–H groups in total. The summed E-state index contributed by atoms with van der Waals surface area (Å²) in [5.74, 6) is -1.50. The fourth-order valence-corrected chi connectivity index (χ4v) is 3.02. The number of rotatable bonds is 5. The molecule has 0 saturated heterocycles. The molecule has 0 aromatic heterocycles. The van der Waals surface area contributed by atoms with Gasteiger partial charge in [0, 0.05) is 36.9 Å². The predicted molar refractivity (Wildman–Crippen MR) is 93.5 cm³/mol. The van der Waals surface area contributed by atoms with Crippen LogP contribution in [0.15, 0.2) is 48.5 Å². The molecular formula is C19H20N3O3-. The number of nitrogens with zero attached hydrogens (tertiary/aromatic N) is 1. The van der Waals surface area contributed by atoms with Crippen molar-refractivity contribution in [2.75, 3.05) is 17.6 Å². The second kappa shape index (κ2) is 7.25. The number of fused-ring (bicyclic) bond motifs is 1.